The molecule has 0 aromatic carbocycles. The van der Waals surface area contributed by atoms with E-state index in [0.29, 0.717) is 18.5 Å². The molecule has 0 unspecified atom stereocenters. The minimum Gasteiger partial charge on any atom is -0.339 e. The highest BCUT2D eigenvalue weighted by atomic mass is 16.2. The van der Waals surface area contributed by atoms with Gasteiger partial charge in [-0.15, -0.1) is 0 Å². The van der Waals surface area contributed by atoms with Crippen LogP contribution < -0.4 is 5.73 Å². The zero-order valence-corrected chi connectivity index (χ0v) is 13.7. The van der Waals surface area contributed by atoms with Gasteiger partial charge in [0.15, 0.2) is 0 Å². The third-order valence-electron chi connectivity index (χ3n) is 6.17. The van der Waals surface area contributed by atoms with Crippen LogP contribution in [0.2, 0.25) is 0 Å². The van der Waals surface area contributed by atoms with Gasteiger partial charge in [0.1, 0.15) is 0 Å². The summed E-state index contributed by atoms with van der Waals surface area (Å²) in [5.41, 5.74) is 5.94. The van der Waals surface area contributed by atoms with Crippen molar-refractivity contribution in [2.75, 3.05) is 13.1 Å². The zero-order chi connectivity index (χ0) is 15.0. The van der Waals surface area contributed by atoms with Crippen molar-refractivity contribution in [3.05, 3.63) is 0 Å². The van der Waals surface area contributed by atoms with Crippen LogP contribution in [0.4, 0.5) is 0 Å². The molecule has 2 aliphatic rings. The number of hydrogen-bond donors (Lipinski definition) is 1. The first-order valence-corrected chi connectivity index (χ1v) is 8.34. The molecule has 2 rings (SSSR count). The first-order chi connectivity index (χ1) is 9.34. The summed E-state index contributed by atoms with van der Waals surface area (Å²) < 4.78 is 0. The van der Waals surface area contributed by atoms with E-state index >= 15 is 0 Å². The number of rotatable bonds is 5. The lowest BCUT2D eigenvalue weighted by atomic mass is 9.93. The molecule has 2 saturated carbocycles. The Hall–Kier alpha value is -0.570. The van der Waals surface area contributed by atoms with Crippen LogP contribution in [0.25, 0.3) is 0 Å². The average molecular weight is 280 g/mol. The largest absolute Gasteiger partial charge is 0.339 e. The molecule has 0 bridgehead atoms. The van der Waals surface area contributed by atoms with Crippen LogP contribution >= 0.6 is 0 Å². The van der Waals surface area contributed by atoms with Crippen LogP contribution in [0.1, 0.15) is 66.2 Å². The smallest absolute Gasteiger partial charge is 0.227 e. The molecule has 0 aliphatic heterocycles. The third kappa shape index (κ3) is 2.61. The SMILES string of the molecule is CC1(C)C(C(=O)N(CCCN)C2CCCCC2)C1(C)C. The van der Waals surface area contributed by atoms with Gasteiger partial charge in [0.2, 0.25) is 5.91 Å². The molecule has 0 radical (unpaired) electrons. The molecule has 0 aromatic rings. The molecule has 0 saturated heterocycles. The number of carbonyl (C=O) groups excluding carboxylic acids is 1. The Labute approximate surface area is 124 Å². The zero-order valence-electron chi connectivity index (χ0n) is 13.7. The van der Waals surface area contributed by atoms with E-state index in [1.807, 2.05) is 0 Å². The van der Waals surface area contributed by atoms with Crippen molar-refractivity contribution in [1.29, 1.82) is 0 Å². The van der Waals surface area contributed by atoms with Crippen molar-refractivity contribution in [1.82, 2.24) is 4.90 Å². The molecular weight excluding hydrogens is 248 g/mol. The number of nitrogens with zero attached hydrogens (tertiary/aromatic N) is 1. The maximum atomic E-state index is 13.0. The molecule has 3 nitrogen and oxygen atoms in total. The number of hydrogen-bond acceptors (Lipinski definition) is 2. The van der Waals surface area contributed by atoms with Gasteiger partial charge >= 0.3 is 0 Å². The van der Waals surface area contributed by atoms with Crippen molar-refractivity contribution >= 4 is 5.91 Å². The lowest BCUT2D eigenvalue weighted by Gasteiger charge is -2.35. The molecule has 3 heteroatoms. The minimum absolute atomic E-state index is 0.139. The molecule has 0 heterocycles. The predicted molar refractivity (Wildman–Crippen MR) is 83.3 cm³/mol. The Kier molecular flexibility index (Phi) is 4.48. The van der Waals surface area contributed by atoms with Crippen molar-refractivity contribution < 1.29 is 4.79 Å². The topological polar surface area (TPSA) is 46.3 Å². The first kappa shape index (κ1) is 15.8. The van der Waals surface area contributed by atoms with Crippen LogP contribution in [0, 0.1) is 16.7 Å². The fourth-order valence-electron chi connectivity index (χ4n) is 4.11. The normalized spacial score (nSPS) is 25.4. The van der Waals surface area contributed by atoms with Crippen LogP contribution in [0.5, 0.6) is 0 Å². The third-order valence-corrected chi connectivity index (χ3v) is 6.17. The number of nitrogens with two attached hydrogens (primary N) is 1. The van der Waals surface area contributed by atoms with Gasteiger partial charge in [0.25, 0.3) is 0 Å². The maximum absolute atomic E-state index is 13.0. The van der Waals surface area contributed by atoms with Gasteiger partial charge in [0, 0.05) is 18.5 Å². The Bertz CT molecular complexity index is 342. The van der Waals surface area contributed by atoms with Gasteiger partial charge in [-0.3, -0.25) is 4.79 Å². The second-order valence-electron chi connectivity index (χ2n) is 7.84. The highest BCUT2D eigenvalue weighted by molar-refractivity contribution is 5.84. The van der Waals surface area contributed by atoms with Gasteiger partial charge < -0.3 is 10.6 Å². The van der Waals surface area contributed by atoms with E-state index in [2.05, 4.69) is 32.6 Å². The lowest BCUT2D eigenvalue weighted by molar-refractivity contribution is -0.137. The summed E-state index contributed by atoms with van der Waals surface area (Å²) in [7, 11) is 0. The molecule has 1 amide bonds. The molecular formula is C17H32N2O. The van der Waals surface area contributed by atoms with E-state index in [0.717, 1.165) is 13.0 Å². The Morgan fingerprint density at radius 3 is 2.10 bits per heavy atom. The highest BCUT2D eigenvalue weighted by Crippen LogP contribution is 2.68. The molecule has 2 N–H and O–H groups in total. The van der Waals surface area contributed by atoms with Crippen LogP contribution in [-0.4, -0.2) is 29.9 Å². The molecule has 2 aliphatic carbocycles. The fraction of sp³-hybridized carbons (Fsp3) is 0.941. The second kappa shape index (κ2) is 5.67. The van der Waals surface area contributed by atoms with Gasteiger partial charge in [-0.05, 0) is 36.6 Å². The highest BCUT2D eigenvalue weighted by Gasteiger charge is 2.69. The monoisotopic (exact) mass is 280 g/mol. The minimum atomic E-state index is 0.139. The quantitative estimate of drug-likeness (QED) is 0.840. The van der Waals surface area contributed by atoms with E-state index in [-0.39, 0.29) is 16.7 Å². The molecule has 0 atom stereocenters. The average Bonchev–Trinajstić information content (AvgIpc) is 2.81. The van der Waals surface area contributed by atoms with E-state index < -0.39 is 0 Å². The summed E-state index contributed by atoms with van der Waals surface area (Å²) >= 11 is 0. The van der Waals surface area contributed by atoms with Crippen LogP contribution in [0.3, 0.4) is 0 Å². The number of carbonyl (C=O) groups is 1. The summed E-state index contributed by atoms with van der Waals surface area (Å²) in [5.74, 6) is 0.579. The Morgan fingerprint density at radius 2 is 1.65 bits per heavy atom. The molecule has 0 spiro atoms. The Morgan fingerprint density at radius 1 is 1.10 bits per heavy atom. The second-order valence-corrected chi connectivity index (χ2v) is 7.84. The predicted octanol–water partition coefficient (Wildman–Crippen LogP) is 3.18. The molecule has 0 aromatic heterocycles. The van der Waals surface area contributed by atoms with Gasteiger partial charge in [-0.25, -0.2) is 0 Å². The summed E-state index contributed by atoms with van der Waals surface area (Å²) in [6.07, 6.45) is 7.17. The lowest BCUT2D eigenvalue weighted by Crippen LogP contribution is -2.44. The first-order valence-electron chi connectivity index (χ1n) is 8.34. The van der Waals surface area contributed by atoms with E-state index in [4.69, 9.17) is 5.73 Å². The van der Waals surface area contributed by atoms with Crippen molar-refractivity contribution in [3.8, 4) is 0 Å². The summed E-state index contributed by atoms with van der Waals surface area (Å²) in [4.78, 5) is 15.2. The molecule has 20 heavy (non-hydrogen) atoms. The summed E-state index contributed by atoms with van der Waals surface area (Å²) in [6.45, 7) is 10.5. The summed E-state index contributed by atoms with van der Waals surface area (Å²) in [6, 6.07) is 0.468. The van der Waals surface area contributed by atoms with Crippen LogP contribution in [0.15, 0.2) is 0 Å². The van der Waals surface area contributed by atoms with Crippen molar-refractivity contribution in [2.24, 2.45) is 22.5 Å². The van der Waals surface area contributed by atoms with Gasteiger partial charge in [0.05, 0.1) is 0 Å². The Balaban J connectivity index is 2.08. The van der Waals surface area contributed by atoms with E-state index in [1.54, 1.807) is 0 Å². The van der Waals surface area contributed by atoms with Crippen molar-refractivity contribution in [2.45, 2.75) is 72.3 Å². The molecule has 2 fully saturated rings. The van der Waals surface area contributed by atoms with Gasteiger partial charge in [-0.2, -0.15) is 0 Å². The maximum Gasteiger partial charge on any atom is 0.227 e. The van der Waals surface area contributed by atoms with Crippen molar-refractivity contribution in [3.63, 3.8) is 0 Å². The molecule has 116 valence electrons. The number of amides is 1. The summed E-state index contributed by atoms with van der Waals surface area (Å²) in [5, 5.41) is 0. The standard InChI is InChI=1S/C17H32N2O/c1-16(2)14(17(16,3)4)15(20)19(12-8-11-18)13-9-6-5-7-10-13/h13-14H,5-12,18H2,1-4H3. The van der Waals surface area contributed by atoms with E-state index in [1.165, 1.54) is 32.1 Å². The van der Waals surface area contributed by atoms with E-state index in [9.17, 15) is 4.79 Å². The van der Waals surface area contributed by atoms with Gasteiger partial charge in [-0.1, -0.05) is 47.0 Å². The van der Waals surface area contributed by atoms with Crippen LogP contribution in [-0.2, 0) is 4.79 Å². The fourth-order valence-corrected chi connectivity index (χ4v) is 4.11.